The third kappa shape index (κ3) is 1.89. The molecule has 0 aromatic carbocycles. The second kappa shape index (κ2) is 4.75. The average Bonchev–Trinajstić information content (AvgIpc) is 2.77. The molecule has 8 heteroatoms. The van der Waals surface area contributed by atoms with Gasteiger partial charge in [0.1, 0.15) is 0 Å². The molecular weight excluding hydrogens is 314 g/mol. The van der Waals surface area contributed by atoms with Gasteiger partial charge in [0.05, 0.1) is 18.3 Å². The second-order valence-corrected chi connectivity index (χ2v) is 6.56. The molecule has 1 saturated heterocycles. The van der Waals surface area contributed by atoms with Gasteiger partial charge in [-0.15, -0.1) is 0 Å². The summed E-state index contributed by atoms with van der Waals surface area (Å²) in [6.45, 7) is 3.64. The molecule has 2 bridgehead atoms. The zero-order valence-corrected chi connectivity index (χ0v) is 12.2. The molecule has 2 aliphatic carbocycles. The van der Waals surface area contributed by atoms with E-state index in [2.05, 4.69) is 4.74 Å². The number of alkyl halides is 6. The van der Waals surface area contributed by atoms with Crippen LogP contribution in [-0.2, 0) is 9.47 Å². The molecule has 1 heterocycles. The molecule has 2 saturated carbocycles. The predicted molar refractivity (Wildman–Crippen MR) is 64.0 cm³/mol. The smallest absolute Gasteiger partial charge is 0.375 e. The quantitative estimate of drug-likeness (QED) is 0.725. The lowest BCUT2D eigenvalue weighted by Gasteiger charge is -2.56. The molecule has 3 rings (SSSR count). The van der Waals surface area contributed by atoms with E-state index >= 15 is 0 Å². The highest BCUT2D eigenvalue weighted by molar-refractivity contribution is 5.22. The molecule has 6 atom stereocenters. The van der Waals surface area contributed by atoms with E-state index in [1.807, 2.05) is 6.92 Å². The van der Waals surface area contributed by atoms with E-state index in [0.29, 0.717) is 19.3 Å². The summed E-state index contributed by atoms with van der Waals surface area (Å²) < 4.78 is 89.4. The Bertz CT molecular complexity index is 432. The lowest BCUT2D eigenvalue weighted by molar-refractivity contribution is -0.470. The van der Waals surface area contributed by atoms with E-state index < -0.39 is 42.0 Å². The Morgan fingerprint density at radius 2 is 1.64 bits per heavy atom. The van der Waals surface area contributed by atoms with Gasteiger partial charge in [-0.1, -0.05) is 6.92 Å². The van der Waals surface area contributed by atoms with Crippen LogP contribution >= 0.6 is 0 Å². The standard InChI is InChI=1S/C14H18F6O2/c1-3-6(2)21-10-7-4-5-8(10)11-9(7)12(22-11,13(15,16)17)14(18,19)20/h6-11H,3-5H2,1-2H3. The Kier molecular flexibility index (Phi) is 3.53. The summed E-state index contributed by atoms with van der Waals surface area (Å²) in [5.41, 5.74) is -4.01. The number of rotatable bonds is 3. The van der Waals surface area contributed by atoms with Gasteiger partial charge in [-0.3, -0.25) is 0 Å². The summed E-state index contributed by atoms with van der Waals surface area (Å²) in [6, 6.07) is 0. The van der Waals surface area contributed by atoms with Crippen LogP contribution in [0.4, 0.5) is 26.3 Å². The predicted octanol–water partition coefficient (Wildman–Crippen LogP) is 4.09. The molecule has 128 valence electrons. The molecule has 0 spiro atoms. The molecule has 0 N–H and O–H groups in total. The summed E-state index contributed by atoms with van der Waals surface area (Å²) >= 11 is 0. The van der Waals surface area contributed by atoms with Gasteiger partial charge >= 0.3 is 12.4 Å². The van der Waals surface area contributed by atoms with Crippen molar-refractivity contribution in [2.24, 2.45) is 17.8 Å². The molecule has 0 radical (unpaired) electrons. The van der Waals surface area contributed by atoms with Crippen molar-refractivity contribution < 1.29 is 35.8 Å². The first-order valence-electron chi connectivity index (χ1n) is 7.51. The zero-order valence-electron chi connectivity index (χ0n) is 12.2. The summed E-state index contributed by atoms with van der Waals surface area (Å²) in [4.78, 5) is 0. The molecular formula is C14H18F6O2. The van der Waals surface area contributed by atoms with Gasteiger partial charge in [0.25, 0.3) is 5.60 Å². The molecule has 0 amide bonds. The number of ether oxygens (including phenoxy) is 2. The molecule has 6 unspecified atom stereocenters. The molecule has 22 heavy (non-hydrogen) atoms. The second-order valence-electron chi connectivity index (χ2n) is 6.56. The van der Waals surface area contributed by atoms with E-state index in [4.69, 9.17) is 4.74 Å². The normalized spacial score (nSPS) is 41.2. The Balaban J connectivity index is 1.90. The third-order valence-electron chi connectivity index (χ3n) is 5.51. The van der Waals surface area contributed by atoms with Gasteiger partial charge in [-0.05, 0) is 32.1 Å². The molecule has 3 fully saturated rings. The number of halogens is 6. The van der Waals surface area contributed by atoms with Crippen LogP contribution in [0.25, 0.3) is 0 Å². The minimum Gasteiger partial charge on any atom is -0.375 e. The fourth-order valence-corrected chi connectivity index (χ4v) is 4.43. The molecule has 3 aliphatic rings. The lowest BCUT2D eigenvalue weighted by atomic mass is 9.68. The van der Waals surface area contributed by atoms with Crippen LogP contribution in [0.15, 0.2) is 0 Å². The van der Waals surface area contributed by atoms with E-state index in [0.717, 1.165) is 0 Å². The SMILES string of the molecule is CCC(C)OC1C2CCC1C1C2OC1(C(F)(F)F)C(F)(F)F. The van der Waals surface area contributed by atoms with Gasteiger partial charge in [0.2, 0.25) is 0 Å². The minimum atomic E-state index is -5.46. The number of fused-ring (bicyclic) bond motifs is 5. The first-order valence-corrected chi connectivity index (χ1v) is 7.51. The van der Waals surface area contributed by atoms with Crippen molar-refractivity contribution >= 4 is 0 Å². The van der Waals surface area contributed by atoms with Crippen molar-refractivity contribution in [2.75, 3.05) is 0 Å². The van der Waals surface area contributed by atoms with Crippen molar-refractivity contribution in [1.29, 1.82) is 0 Å². The molecule has 0 aromatic heterocycles. The fraction of sp³-hybridized carbons (Fsp3) is 1.00. The van der Waals surface area contributed by atoms with Crippen LogP contribution in [-0.4, -0.2) is 36.3 Å². The largest absolute Gasteiger partial charge is 0.426 e. The van der Waals surface area contributed by atoms with Crippen LogP contribution < -0.4 is 0 Å². The van der Waals surface area contributed by atoms with Crippen molar-refractivity contribution in [3.63, 3.8) is 0 Å². The van der Waals surface area contributed by atoms with E-state index in [-0.39, 0.29) is 12.0 Å². The first kappa shape index (κ1) is 16.4. The van der Waals surface area contributed by atoms with E-state index in [1.165, 1.54) is 0 Å². The van der Waals surface area contributed by atoms with Crippen molar-refractivity contribution in [1.82, 2.24) is 0 Å². The lowest BCUT2D eigenvalue weighted by Crippen LogP contribution is -2.75. The summed E-state index contributed by atoms with van der Waals surface area (Å²) in [7, 11) is 0. The highest BCUT2D eigenvalue weighted by atomic mass is 19.4. The Hall–Kier alpha value is -0.500. The maximum atomic E-state index is 13.2. The van der Waals surface area contributed by atoms with Gasteiger partial charge in [-0.25, -0.2) is 0 Å². The van der Waals surface area contributed by atoms with Crippen LogP contribution in [0.1, 0.15) is 33.1 Å². The maximum absolute atomic E-state index is 13.2. The van der Waals surface area contributed by atoms with Crippen LogP contribution in [0, 0.1) is 17.8 Å². The number of hydrogen-bond donors (Lipinski definition) is 0. The van der Waals surface area contributed by atoms with Gasteiger partial charge in [0.15, 0.2) is 0 Å². The van der Waals surface area contributed by atoms with E-state index in [9.17, 15) is 26.3 Å². The first-order chi connectivity index (χ1) is 10.0. The summed E-state index contributed by atoms with van der Waals surface area (Å²) in [5, 5.41) is 0. The Morgan fingerprint density at radius 3 is 2.14 bits per heavy atom. The van der Waals surface area contributed by atoms with Gasteiger partial charge < -0.3 is 9.47 Å². The third-order valence-corrected chi connectivity index (χ3v) is 5.51. The fourth-order valence-electron chi connectivity index (χ4n) is 4.43. The maximum Gasteiger partial charge on any atom is 0.426 e. The summed E-state index contributed by atoms with van der Waals surface area (Å²) in [6.07, 6.45) is -11.1. The molecule has 1 aliphatic heterocycles. The average molecular weight is 332 g/mol. The monoisotopic (exact) mass is 332 g/mol. The zero-order chi connectivity index (χ0) is 16.5. The van der Waals surface area contributed by atoms with Crippen LogP contribution in [0.3, 0.4) is 0 Å². The van der Waals surface area contributed by atoms with Crippen LogP contribution in [0.2, 0.25) is 0 Å². The van der Waals surface area contributed by atoms with Crippen molar-refractivity contribution in [3.05, 3.63) is 0 Å². The highest BCUT2D eigenvalue weighted by Gasteiger charge is 2.87. The van der Waals surface area contributed by atoms with Gasteiger partial charge in [-0.2, -0.15) is 26.3 Å². The summed E-state index contributed by atoms with van der Waals surface area (Å²) in [5.74, 6) is -2.66. The molecule has 0 aromatic rings. The topological polar surface area (TPSA) is 18.5 Å². The minimum absolute atomic E-state index is 0.184. The van der Waals surface area contributed by atoms with Crippen molar-refractivity contribution in [2.45, 2.75) is 69.4 Å². The van der Waals surface area contributed by atoms with Gasteiger partial charge in [0, 0.05) is 11.8 Å². The van der Waals surface area contributed by atoms with Crippen molar-refractivity contribution in [3.8, 4) is 0 Å². The number of hydrogen-bond acceptors (Lipinski definition) is 2. The Labute approximate surface area is 124 Å². The van der Waals surface area contributed by atoms with E-state index in [1.54, 1.807) is 6.92 Å². The highest BCUT2D eigenvalue weighted by Crippen LogP contribution is 2.69. The Morgan fingerprint density at radius 1 is 1.09 bits per heavy atom. The van der Waals surface area contributed by atoms with Crippen LogP contribution in [0.5, 0.6) is 0 Å². The molecule has 2 nitrogen and oxygen atoms in total.